The summed E-state index contributed by atoms with van der Waals surface area (Å²) in [6.45, 7) is 1.80. The molecule has 0 aliphatic heterocycles. The third-order valence-electron chi connectivity index (χ3n) is 4.12. The van der Waals surface area contributed by atoms with Crippen molar-refractivity contribution in [2.75, 3.05) is 0 Å². The lowest BCUT2D eigenvalue weighted by atomic mass is 10.1. The predicted molar refractivity (Wildman–Crippen MR) is 83.1 cm³/mol. The molecular weight excluding hydrogens is 337 g/mol. The number of para-hydroxylation sites is 1. The summed E-state index contributed by atoms with van der Waals surface area (Å²) in [6.07, 6.45) is -3.05. The van der Waals surface area contributed by atoms with E-state index in [9.17, 15) is 18.0 Å². The Morgan fingerprint density at radius 1 is 1.24 bits per heavy atom. The van der Waals surface area contributed by atoms with Gasteiger partial charge in [0.25, 0.3) is 0 Å². The largest absolute Gasteiger partial charge is 0.418 e. The molecule has 0 atom stereocenters. The van der Waals surface area contributed by atoms with Gasteiger partial charge in [0.05, 0.1) is 22.8 Å². The minimum absolute atomic E-state index is 0.0584. The molecule has 1 aromatic carbocycles. The normalized spacial score (nSPS) is 12.4. The molecule has 0 radical (unpaired) electrons. The fourth-order valence-electron chi connectivity index (χ4n) is 2.73. The van der Waals surface area contributed by atoms with E-state index >= 15 is 0 Å². The van der Waals surface area contributed by atoms with Crippen LogP contribution in [0.5, 0.6) is 0 Å². The van der Waals surface area contributed by atoms with Crippen molar-refractivity contribution in [3.63, 3.8) is 0 Å². The van der Waals surface area contributed by atoms with Crippen molar-refractivity contribution in [1.82, 2.24) is 29.4 Å². The first kappa shape index (κ1) is 15.4. The molecule has 10 heteroatoms. The van der Waals surface area contributed by atoms with Gasteiger partial charge in [-0.15, -0.1) is 5.10 Å². The Hall–Kier alpha value is -3.17. The van der Waals surface area contributed by atoms with E-state index in [-0.39, 0.29) is 22.4 Å². The highest BCUT2D eigenvalue weighted by atomic mass is 19.4. The molecule has 3 heterocycles. The van der Waals surface area contributed by atoms with Gasteiger partial charge in [-0.05, 0) is 19.1 Å². The number of aromatic amines is 1. The molecule has 0 spiro atoms. The SMILES string of the molecule is Cc1c(-c2nc3c4cccc(C(F)(F)F)c4[nH]c(=O)n3n2)cnn1C. The predicted octanol–water partition coefficient (Wildman–Crippen LogP) is 2.30. The lowest BCUT2D eigenvalue weighted by molar-refractivity contribution is -0.136. The Kier molecular flexibility index (Phi) is 3.02. The van der Waals surface area contributed by atoms with Gasteiger partial charge in [-0.2, -0.15) is 22.8 Å². The van der Waals surface area contributed by atoms with Crippen LogP contribution in [0.2, 0.25) is 0 Å². The summed E-state index contributed by atoms with van der Waals surface area (Å²) >= 11 is 0. The molecule has 4 aromatic rings. The van der Waals surface area contributed by atoms with E-state index in [4.69, 9.17) is 0 Å². The molecule has 0 fully saturated rings. The molecule has 25 heavy (non-hydrogen) atoms. The Bertz CT molecular complexity index is 1180. The van der Waals surface area contributed by atoms with Crippen LogP contribution in [0.3, 0.4) is 0 Å². The molecule has 4 rings (SSSR count). The number of alkyl halides is 3. The second-order valence-electron chi connectivity index (χ2n) is 5.59. The maximum atomic E-state index is 13.2. The number of fused-ring (bicyclic) bond motifs is 3. The van der Waals surface area contributed by atoms with Gasteiger partial charge in [-0.1, -0.05) is 6.07 Å². The zero-order valence-electron chi connectivity index (χ0n) is 13.1. The molecule has 0 aliphatic carbocycles. The number of hydrogen-bond acceptors (Lipinski definition) is 4. The third-order valence-corrected chi connectivity index (χ3v) is 4.12. The quantitative estimate of drug-likeness (QED) is 0.572. The van der Waals surface area contributed by atoms with Crippen molar-refractivity contribution in [3.05, 3.63) is 46.1 Å². The molecule has 0 bridgehead atoms. The first-order valence-electron chi connectivity index (χ1n) is 7.25. The fourth-order valence-corrected chi connectivity index (χ4v) is 2.73. The van der Waals surface area contributed by atoms with Gasteiger partial charge < -0.3 is 4.98 Å². The van der Waals surface area contributed by atoms with Crippen LogP contribution in [0.15, 0.2) is 29.2 Å². The number of rotatable bonds is 1. The van der Waals surface area contributed by atoms with E-state index in [0.717, 1.165) is 16.3 Å². The number of benzene rings is 1. The van der Waals surface area contributed by atoms with Crippen LogP contribution in [0.25, 0.3) is 27.9 Å². The second-order valence-corrected chi connectivity index (χ2v) is 5.59. The van der Waals surface area contributed by atoms with Crippen LogP contribution in [0, 0.1) is 6.92 Å². The lowest BCUT2D eigenvalue weighted by Gasteiger charge is -2.09. The maximum absolute atomic E-state index is 13.2. The number of hydrogen-bond donors (Lipinski definition) is 1. The molecule has 0 aliphatic rings. The Morgan fingerprint density at radius 2 is 2.00 bits per heavy atom. The van der Waals surface area contributed by atoms with Gasteiger partial charge in [0.1, 0.15) is 0 Å². The lowest BCUT2D eigenvalue weighted by Crippen LogP contribution is -2.19. The topological polar surface area (TPSA) is 80.9 Å². The van der Waals surface area contributed by atoms with Gasteiger partial charge >= 0.3 is 11.9 Å². The molecular formula is C15H11F3N6O. The number of nitrogens with zero attached hydrogens (tertiary/aromatic N) is 5. The van der Waals surface area contributed by atoms with Crippen molar-refractivity contribution in [2.24, 2.45) is 7.05 Å². The monoisotopic (exact) mass is 348 g/mol. The minimum atomic E-state index is -4.59. The number of halogens is 3. The maximum Gasteiger partial charge on any atom is 0.418 e. The molecule has 1 N–H and O–H groups in total. The summed E-state index contributed by atoms with van der Waals surface area (Å²) in [5.74, 6) is 0.223. The van der Waals surface area contributed by atoms with Crippen LogP contribution in [0.4, 0.5) is 13.2 Å². The van der Waals surface area contributed by atoms with E-state index in [1.807, 2.05) is 0 Å². The Morgan fingerprint density at radius 3 is 2.64 bits per heavy atom. The van der Waals surface area contributed by atoms with E-state index in [0.29, 0.717) is 5.56 Å². The van der Waals surface area contributed by atoms with E-state index in [1.54, 1.807) is 24.9 Å². The van der Waals surface area contributed by atoms with Gasteiger partial charge in [0.2, 0.25) is 0 Å². The molecule has 0 saturated heterocycles. The first-order valence-corrected chi connectivity index (χ1v) is 7.25. The summed E-state index contributed by atoms with van der Waals surface area (Å²) in [6, 6.07) is 3.65. The molecule has 3 aromatic heterocycles. The zero-order valence-corrected chi connectivity index (χ0v) is 13.1. The zero-order chi connectivity index (χ0) is 17.9. The second kappa shape index (κ2) is 4.91. The third kappa shape index (κ3) is 2.21. The highest BCUT2D eigenvalue weighted by Gasteiger charge is 2.33. The average Bonchev–Trinajstić information content (AvgIpc) is 3.11. The van der Waals surface area contributed by atoms with Gasteiger partial charge in [0.15, 0.2) is 11.5 Å². The van der Waals surface area contributed by atoms with E-state index in [1.165, 1.54) is 12.1 Å². The summed E-state index contributed by atoms with van der Waals surface area (Å²) in [5, 5.41) is 8.37. The van der Waals surface area contributed by atoms with Crippen LogP contribution >= 0.6 is 0 Å². The highest BCUT2D eigenvalue weighted by molar-refractivity contribution is 5.93. The standard InChI is InChI=1S/C15H11F3N6O/c1-7-9(6-19-23(7)2)12-21-13-8-4-3-5-10(15(16,17)18)11(8)20-14(25)24(13)22-12/h3-6H,1-2H3,(H,20,25). The van der Waals surface area contributed by atoms with Crippen molar-refractivity contribution in [1.29, 1.82) is 0 Å². The van der Waals surface area contributed by atoms with Crippen molar-refractivity contribution < 1.29 is 13.2 Å². The number of nitrogens with one attached hydrogen (secondary N) is 1. The molecule has 7 nitrogen and oxygen atoms in total. The fraction of sp³-hybridized carbons (Fsp3) is 0.200. The number of aromatic nitrogens is 6. The van der Waals surface area contributed by atoms with E-state index in [2.05, 4.69) is 20.2 Å². The average molecular weight is 348 g/mol. The molecule has 128 valence electrons. The smallest absolute Gasteiger partial charge is 0.305 e. The van der Waals surface area contributed by atoms with Gasteiger partial charge in [-0.25, -0.2) is 9.78 Å². The molecule has 0 amide bonds. The van der Waals surface area contributed by atoms with Crippen LogP contribution in [-0.4, -0.2) is 29.4 Å². The summed E-state index contributed by atoms with van der Waals surface area (Å²) in [4.78, 5) is 18.8. The number of H-pyrrole nitrogens is 1. The highest BCUT2D eigenvalue weighted by Crippen LogP contribution is 2.34. The van der Waals surface area contributed by atoms with Crippen LogP contribution in [0.1, 0.15) is 11.3 Å². The van der Waals surface area contributed by atoms with Crippen LogP contribution < -0.4 is 5.69 Å². The van der Waals surface area contributed by atoms with Crippen molar-refractivity contribution >= 4 is 16.6 Å². The Balaban J connectivity index is 2.09. The van der Waals surface area contributed by atoms with Crippen molar-refractivity contribution in [3.8, 4) is 11.4 Å². The van der Waals surface area contributed by atoms with Crippen molar-refractivity contribution in [2.45, 2.75) is 13.1 Å². The summed E-state index contributed by atoms with van der Waals surface area (Å²) < 4.78 is 42.2. The molecule has 0 saturated carbocycles. The van der Waals surface area contributed by atoms with Gasteiger partial charge in [-0.3, -0.25) is 4.68 Å². The first-order chi connectivity index (χ1) is 11.8. The summed E-state index contributed by atoms with van der Waals surface area (Å²) in [7, 11) is 1.74. The molecule has 0 unspecified atom stereocenters. The Labute approximate surface area is 137 Å². The van der Waals surface area contributed by atoms with E-state index < -0.39 is 17.4 Å². The van der Waals surface area contributed by atoms with Crippen LogP contribution in [-0.2, 0) is 13.2 Å². The number of aryl methyl sites for hydroxylation is 1. The van der Waals surface area contributed by atoms with Gasteiger partial charge in [0, 0.05) is 18.1 Å². The minimum Gasteiger partial charge on any atom is -0.305 e. The summed E-state index contributed by atoms with van der Waals surface area (Å²) in [5.41, 5.74) is -0.595.